The van der Waals surface area contributed by atoms with Crippen LogP contribution >= 0.6 is 0 Å². The van der Waals surface area contributed by atoms with Crippen molar-refractivity contribution in [2.24, 2.45) is 11.7 Å². The number of rotatable bonds is 6. The minimum Gasteiger partial charge on any atom is -0.468 e. The van der Waals surface area contributed by atoms with Crippen LogP contribution in [0.4, 0.5) is 0 Å². The minimum atomic E-state index is 0.639. The molecule has 0 radical (unpaired) electrons. The van der Waals surface area contributed by atoms with Gasteiger partial charge in [-0.2, -0.15) is 0 Å². The van der Waals surface area contributed by atoms with Crippen LogP contribution in [0.1, 0.15) is 19.1 Å². The maximum atomic E-state index is 5.45. The highest BCUT2D eigenvalue weighted by Gasteiger charge is 2.00. The van der Waals surface area contributed by atoms with Crippen LogP contribution in [0, 0.1) is 5.92 Å². The summed E-state index contributed by atoms with van der Waals surface area (Å²) in [6, 6.07) is 3.88. The Balaban J connectivity index is 2.07. The first-order valence-electron chi connectivity index (χ1n) is 4.76. The molecule has 0 aliphatic rings. The van der Waals surface area contributed by atoms with Gasteiger partial charge in [-0.25, -0.2) is 0 Å². The van der Waals surface area contributed by atoms with Crippen molar-refractivity contribution in [3.05, 3.63) is 24.2 Å². The number of furan rings is 1. The maximum Gasteiger partial charge on any atom is 0.117 e. The van der Waals surface area contributed by atoms with Crippen LogP contribution in [0.25, 0.3) is 0 Å². The zero-order chi connectivity index (χ0) is 9.52. The zero-order valence-corrected chi connectivity index (χ0v) is 8.12. The fraction of sp³-hybridized carbons (Fsp3) is 0.600. The van der Waals surface area contributed by atoms with Gasteiger partial charge in [-0.1, -0.05) is 6.92 Å². The third-order valence-electron chi connectivity index (χ3n) is 2.03. The summed E-state index contributed by atoms with van der Waals surface area (Å²) in [5.41, 5.74) is 5.45. The summed E-state index contributed by atoms with van der Waals surface area (Å²) in [4.78, 5) is 0. The van der Waals surface area contributed by atoms with Gasteiger partial charge < -0.3 is 15.5 Å². The molecule has 1 aromatic rings. The summed E-state index contributed by atoms with van der Waals surface area (Å²) in [7, 11) is 0. The Hall–Kier alpha value is -0.800. The molecule has 1 unspecified atom stereocenters. The fourth-order valence-electron chi connectivity index (χ4n) is 1.24. The van der Waals surface area contributed by atoms with Crippen LogP contribution in [-0.2, 0) is 6.54 Å². The topological polar surface area (TPSA) is 51.2 Å². The summed E-state index contributed by atoms with van der Waals surface area (Å²) in [6.45, 7) is 4.77. The Morgan fingerprint density at radius 2 is 2.46 bits per heavy atom. The highest BCUT2D eigenvalue weighted by Crippen LogP contribution is 2.01. The molecule has 0 saturated heterocycles. The van der Waals surface area contributed by atoms with Crippen molar-refractivity contribution in [1.82, 2.24) is 5.32 Å². The van der Waals surface area contributed by atoms with Gasteiger partial charge in [0.1, 0.15) is 5.76 Å². The molecule has 0 bridgehead atoms. The summed E-state index contributed by atoms with van der Waals surface area (Å²) < 4.78 is 5.19. The summed E-state index contributed by atoms with van der Waals surface area (Å²) in [5.74, 6) is 1.62. The lowest BCUT2D eigenvalue weighted by Crippen LogP contribution is -2.22. The van der Waals surface area contributed by atoms with Crippen molar-refractivity contribution >= 4 is 0 Å². The maximum absolute atomic E-state index is 5.45. The lowest BCUT2D eigenvalue weighted by molar-refractivity contribution is 0.443. The Morgan fingerprint density at radius 1 is 1.62 bits per heavy atom. The van der Waals surface area contributed by atoms with E-state index >= 15 is 0 Å². The molecule has 0 saturated carbocycles. The van der Waals surface area contributed by atoms with Crippen LogP contribution in [0.2, 0.25) is 0 Å². The second kappa shape index (κ2) is 5.78. The largest absolute Gasteiger partial charge is 0.468 e. The van der Waals surface area contributed by atoms with Gasteiger partial charge in [-0.05, 0) is 37.6 Å². The number of nitrogens with two attached hydrogens (primary N) is 1. The normalized spacial score (nSPS) is 13.1. The van der Waals surface area contributed by atoms with Crippen LogP contribution in [0.3, 0.4) is 0 Å². The quantitative estimate of drug-likeness (QED) is 0.698. The SMILES string of the molecule is CC(CCN)CNCc1ccco1. The zero-order valence-electron chi connectivity index (χ0n) is 8.12. The van der Waals surface area contributed by atoms with E-state index in [-0.39, 0.29) is 0 Å². The molecule has 74 valence electrons. The first-order valence-corrected chi connectivity index (χ1v) is 4.76. The molecule has 1 rings (SSSR count). The smallest absolute Gasteiger partial charge is 0.117 e. The standard InChI is InChI=1S/C10H18N2O/c1-9(4-5-11)7-12-8-10-3-2-6-13-10/h2-3,6,9,12H,4-5,7-8,11H2,1H3. The fourth-order valence-corrected chi connectivity index (χ4v) is 1.24. The minimum absolute atomic E-state index is 0.639. The molecule has 1 atom stereocenters. The molecule has 13 heavy (non-hydrogen) atoms. The lowest BCUT2D eigenvalue weighted by atomic mass is 10.1. The van der Waals surface area contributed by atoms with Gasteiger partial charge in [0.15, 0.2) is 0 Å². The van der Waals surface area contributed by atoms with Crippen LogP contribution in [0.5, 0.6) is 0 Å². The van der Waals surface area contributed by atoms with Gasteiger partial charge >= 0.3 is 0 Å². The number of hydrogen-bond donors (Lipinski definition) is 2. The molecule has 3 nitrogen and oxygen atoms in total. The van der Waals surface area contributed by atoms with Gasteiger partial charge in [0, 0.05) is 0 Å². The number of hydrogen-bond acceptors (Lipinski definition) is 3. The van der Waals surface area contributed by atoms with E-state index in [1.165, 1.54) is 0 Å². The summed E-state index contributed by atoms with van der Waals surface area (Å²) in [6.07, 6.45) is 2.77. The van der Waals surface area contributed by atoms with Crippen molar-refractivity contribution in [2.75, 3.05) is 13.1 Å². The molecule has 1 aromatic heterocycles. The lowest BCUT2D eigenvalue weighted by Gasteiger charge is -2.09. The van der Waals surface area contributed by atoms with E-state index in [2.05, 4.69) is 12.2 Å². The molecule has 0 spiro atoms. The average molecular weight is 182 g/mol. The van der Waals surface area contributed by atoms with Crippen LogP contribution in [0.15, 0.2) is 22.8 Å². The number of nitrogens with one attached hydrogen (secondary N) is 1. The Labute approximate surface area is 79.3 Å². The molecule has 0 aromatic carbocycles. The third-order valence-corrected chi connectivity index (χ3v) is 2.03. The van der Waals surface area contributed by atoms with Crippen molar-refractivity contribution in [3.8, 4) is 0 Å². The second-order valence-electron chi connectivity index (χ2n) is 3.39. The Bertz CT molecular complexity index is 209. The van der Waals surface area contributed by atoms with E-state index in [0.717, 1.165) is 31.8 Å². The van der Waals surface area contributed by atoms with Gasteiger partial charge in [-0.3, -0.25) is 0 Å². The third kappa shape index (κ3) is 4.10. The van der Waals surface area contributed by atoms with Crippen molar-refractivity contribution < 1.29 is 4.42 Å². The van der Waals surface area contributed by atoms with Crippen molar-refractivity contribution in [2.45, 2.75) is 19.9 Å². The monoisotopic (exact) mass is 182 g/mol. The van der Waals surface area contributed by atoms with Crippen molar-refractivity contribution in [3.63, 3.8) is 0 Å². The molecule has 0 amide bonds. The molecular formula is C10H18N2O. The highest BCUT2D eigenvalue weighted by molar-refractivity contribution is 4.97. The van der Waals surface area contributed by atoms with Gasteiger partial charge in [-0.15, -0.1) is 0 Å². The molecule has 3 heteroatoms. The van der Waals surface area contributed by atoms with E-state index in [1.807, 2.05) is 12.1 Å². The molecule has 3 N–H and O–H groups in total. The van der Waals surface area contributed by atoms with Crippen LogP contribution in [-0.4, -0.2) is 13.1 Å². The highest BCUT2D eigenvalue weighted by atomic mass is 16.3. The molecule has 0 aliphatic heterocycles. The van der Waals surface area contributed by atoms with E-state index in [0.29, 0.717) is 5.92 Å². The second-order valence-corrected chi connectivity index (χ2v) is 3.39. The van der Waals surface area contributed by atoms with Crippen molar-refractivity contribution in [1.29, 1.82) is 0 Å². The summed E-state index contributed by atoms with van der Waals surface area (Å²) >= 11 is 0. The van der Waals surface area contributed by atoms with Crippen LogP contribution < -0.4 is 11.1 Å². The first kappa shape index (κ1) is 10.3. The van der Waals surface area contributed by atoms with E-state index in [1.54, 1.807) is 6.26 Å². The van der Waals surface area contributed by atoms with Gasteiger partial charge in [0.25, 0.3) is 0 Å². The van der Waals surface area contributed by atoms with E-state index in [4.69, 9.17) is 10.2 Å². The Morgan fingerprint density at radius 3 is 3.08 bits per heavy atom. The Kier molecular flexibility index (Phi) is 4.57. The predicted molar refractivity (Wildman–Crippen MR) is 53.3 cm³/mol. The van der Waals surface area contributed by atoms with Gasteiger partial charge in [0.05, 0.1) is 12.8 Å². The predicted octanol–water partition coefficient (Wildman–Crippen LogP) is 1.35. The molecular weight excluding hydrogens is 164 g/mol. The molecule has 0 aliphatic carbocycles. The first-order chi connectivity index (χ1) is 6.33. The van der Waals surface area contributed by atoms with E-state index < -0.39 is 0 Å². The van der Waals surface area contributed by atoms with E-state index in [9.17, 15) is 0 Å². The molecule has 1 heterocycles. The molecule has 0 fully saturated rings. The van der Waals surface area contributed by atoms with Gasteiger partial charge in [0.2, 0.25) is 0 Å². The average Bonchev–Trinajstić information content (AvgIpc) is 2.57. The summed E-state index contributed by atoms with van der Waals surface area (Å²) in [5, 5.41) is 3.32.